The molecule has 0 aliphatic heterocycles. The van der Waals surface area contributed by atoms with Crippen LogP contribution in [0.1, 0.15) is 10.4 Å². The summed E-state index contributed by atoms with van der Waals surface area (Å²) in [5, 5.41) is 2.88. The minimum absolute atomic E-state index is 0.221. The first-order chi connectivity index (χ1) is 9.51. The van der Waals surface area contributed by atoms with E-state index in [-0.39, 0.29) is 16.3 Å². The van der Waals surface area contributed by atoms with E-state index in [1.807, 2.05) is 0 Å². The first-order valence-electron chi connectivity index (χ1n) is 5.71. The lowest BCUT2D eigenvalue weighted by atomic mass is 10.2. The molecule has 0 aliphatic rings. The lowest BCUT2D eigenvalue weighted by Gasteiger charge is -2.11. The lowest BCUT2D eigenvalue weighted by molar-refractivity contribution is 0.102. The van der Waals surface area contributed by atoms with Crippen molar-refractivity contribution >= 4 is 28.9 Å². The van der Waals surface area contributed by atoms with Gasteiger partial charge in [-0.15, -0.1) is 0 Å². The van der Waals surface area contributed by atoms with Gasteiger partial charge in [-0.25, -0.2) is 4.39 Å². The van der Waals surface area contributed by atoms with Gasteiger partial charge in [-0.05, 0) is 30.3 Å². The van der Waals surface area contributed by atoms with E-state index in [1.165, 1.54) is 37.4 Å². The number of rotatable bonds is 3. The van der Waals surface area contributed by atoms with Crippen molar-refractivity contribution in [2.24, 2.45) is 0 Å². The van der Waals surface area contributed by atoms with Crippen molar-refractivity contribution in [1.29, 1.82) is 0 Å². The Morgan fingerprint density at radius 3 is 2.75 bits per heavy atom. The summed E-state index contributed by atoms with van der Waals surface area (Å²) in [5.41, 5.74) is 6.62. The molecule has 0 heterocycles. The van der Waals surface area contributed by atoms with Gasteiger partial charge in [0.1, 0.15) is 11.6 Å². The molecule has 0 unspecified atom stereocenters. The highest BCUT2D eigenvalue weighted by Gasteiger charge is 2.13. The van der Waals surface area contributed by atoms with Crippen molar-refractivity contribution < 1.29 is 13.9 Å². The number of nitrogens with one attached hydrogen (secondary N) is 1. The van der Waals surface area contributed by atoms with E-state index in [0.717, 1.165) is 0 Å². The van der Waals surface area contributed by atoms with Crippen LogP contribution in [-0.2, 0) is 0 Å². The third-order valence-electron chi connectivity index (χ3n) is 2.65. The Kier molecular flexibility index (Phi) is 4.10. The fraction of sp³-hybridized carbons (Fsp3) is 0.0714. The van der Waals surface area contributed by atoms with Crippen LogP contribution >= 0.6 is 11.6 Å². The van der Waals surface area contributed by atoms with Crippen molar-refractivity contribution in [2.45, 2.75) is 0 Å². The number of benzene rings is 2. The predicted molar refractivity (Wildman–Crippen MR) is 76.8 cm³/mol. The van der Waals surface area contributed by atoms with Crippen LogP contribution in [-0.4, -0.2) is 13.0 Å². The standard InChI is InChI=1S/C14H12ClFN2O2/c1-20-13-6-8(16)2-5-12(13)18-14(19)10-7-9(17)3-4-11(10)15/h2-7H,17H2,1H3,(H,18,19). The zero-order valence-electron chi connectivity index (χ0n) is 10.6. The quantitative estimate of drug-likeness (QED) is 0.854. The van der Waals surface area contributed by atoms with Gasteiger partial charge in [0.15, 0.2) is 0 Å². The maximum Gasteiger partial charge on any atom is 0.257 e. The maximum atomic E-state index is 13.1. The second-order valence-corrected chi connectivity index (χ2v) is 4.45. The van der Waals surface area contributed by atoms with Gasteiger partial charge in [0.25, 0.3) is 5.91 Å². The number of nitrogens with two attached hydrogens (primary N) is 1. The number of ether oxygens (including phenoxy) is 1. The Morgan fingerprint density at radius 2 is 2.05 bits per heavy atom. The molecule has 0 atom stereocenters. The summed E-state index contributed by atoms with van der Waals surface area (Å²) in [4.78, 5) is 12.1. The molecule has 0 bridgehead atoms. The largest absolute Gasteiger partial charge is 0.494 e. The topological polar surface area (TPSA) is 64.3 Å². The average Bonchev–Trinajstić information content (AvgIpc) is 2.43. The number of nitrogen functional groups attached to an aromatic ring is 1. The second-order valence-electron chi connectivity index (χ2n) is 4.04. The number of hydrogen-bond acceptors (Lipinski definition) is 3. The van der Waals surface area contributed by atoms with E-state index >= 15 is 0 Å². The Labute approximate surface area is 120 Å². The Bertz CT molecular complexity index is 662. The minimum atomic E-state index is -0.457. The molecule has 2 rings (SSSR count). The van der Waals surface area contributed by atoms with Gasteiger partial charge in [-0.3, -0.25) is 4.79 Å². The lowest BCUT2D eigenvalue weighted by Crippen LogP contribution is -2.13. The van der Waals surface area contributed by atoms with Crippen LogP contribution in [0, 0.1) is 5.82 Å². The highest BCUT2D eigenvalue weighted by molar-refractivity contribution is 6.34. The van der Waals surface area contributed by atoms with Crippen molar-refractivity contribution in [2.75, 3.05) is 18.2 Å². The smallest absolute Gasteiger partial charge is 0.257 e. The molecule has 0 radical (unpaired) electrons. The van der Waals surface area contributed by atoms with E-state index in [9.17, 15) is 9.18 Å². The molecule has 0 spiro atoms. The zero-order valence-corrected chi connectivity index (χ0v) is 11.4. The number of amides is 1. The van der Waals surface area contributed by atoms with Gasteiger partial charge in [0.2, 0.25) is 0 Å². The van der Waals surface area contributed by atoms with Crippen molar-refractivity contribution in [1.82, 2.24) is 0 Å². The minimum Gasteiger partial charge on any atom is -0.494 e. The van der Waals surface area contributed by atoms with E-state index in [2.05, 4.69) is 5.32 Å². The summed E-state index contributed by atoms with van der Waals surface area (Å²) in [6.45, 7) is 0. The fourth-order valence-electron chi connectivity index (χ4n) is 1.67. The summed E-state index contributed by atoms with van der Waals surface area (Å²) in [5.74, 6) is -0.688. The van der Waals surface area contributed by atoms with Gasteiger partial charge in [-0.2, -0.15) is 0 Å². The normalized spacial score (nSPS) is 10.2. The Hall–Kier alpha value is -2.27. The first kappa shape index (κ1) is 14.1. The van der Waals surface area contributed by atoms with Gasteiger partial charge in [-0.1, -0.05) is 11.6 Å². The molecule has 1 amide bonds. The highest BCUT2D eigenvalue weighted by atomic mass is 35.5. The number of carbonyl (C=O) groups excluding carboxylic acids is 1. The molecule has 2 aromatic carbocycles. The van der Waals surface area contributed by atoms with Gasteiger partial charge in [0.05, 0.1) is 23.4 Å². The number of carbonyl (C=O) groups is 1. The maximum absolute atomic E-state index is 13.1. The molecule has 3 N–H and O–H groups in total. The summed E-state index contributed by atoms with van der Waals surface area (Å²) in [6, 6.07) is 8.40. The Balaban J connectivity index is 2.30. The molecule has 0 saturated heterocycles. The molecular formula is C14H12ClFN2O2. The van der Waals surface area contributed by atoms with Gasteiger partial charge >= 0.3 is 0 Å². The van der Waals surface area contributed by atoms with Gasteiger partial charge < -0.3 is 15.8 Å². The summed E-state index contributed by atoms with van der Waals surface area (Å²) < 4.78 is 18.1. The molecule has 6 heteroatoms. The number of anilines is 2. The third kappa shape index (κ3) is 3.00. The molecule has 2 aromatic rings. The third-order valence-corrected chi connectivity index (χ3v) is 2.98. The molecule has 4 nitrogen and oxygen atoms in total. The Morgan fingerprint density at radius 1 is 1.30 bits per heavy atom. The van der Waals surface area contributed by atoms with E-state index in [4.69, 9.17) is 22.1 Å². The monoisotopic (exact) mass is 294 g/mol. The van der Waals surface area contributed by atoms with Crippen LogP contribution < -0.4 is 15.8 Å². The molecular weight excluding hydrogens is 283 g/mol. The molecule has 20 heavy (non-hydrogen) atoms. The van der Waals surface area contributed by atoms with Crippen LogP contribution in [0.2, 0.25) is 5.02 Å². The predicted octanol–water partition coefficient (Wildman–Crippen LogP) is 3.32. The van der Waals surface area contributed by atoms with Crippen LogP contribution in [0.25, 0.3) is 0 Å². The molecule has 0 aromatic heterocycles. The summed E-state index contributed by atoms with van der Waals surface area (Å²) in [7, 11) is 1.39. The molecule has 0 fully saturated rings. The number of methoxy groups -OCH3 is 1. The second kappa shape index (κ2) is 5.79. The highest BCUT2D eigenvalue weighted by Crippen LogP contribution is 2.27. The fourth-order valence-corrected chi connectivity index (χ4v) is 1.88. The summed E-state index contributed by atoms with van der Waals surface area (Å²) in [6.07, 6.45) is 0. The van der Waals surface area contributed by atoms with Gasteiger partial charge in [0, 0.05) is 11.8 Å². The van der Waals surface area contributed by atoms with Crippen molar-refractivity contribution in [3.8, 4) is 5.75 Å². The molecule has 0 saturated carbocycles. The van der Waals surface area contributed by atoms with Crippen LogP contribution in [0.5, 0.6) is 5.75 Å². The number of halogens is 2. The van der Waals surface area contributed by atoms with Crippen molar-refractivity contribution in [3.63, 3.8) is 0 Å². The molecule has 104 valence electrons. The average molecular weight is 295 g/mol. The molecule has 0 aliphatic carbocycles. The zero-order chi connectivity index (χ0) is 14.7. The van der Waals surface area contributed by atoms with Crippen LogP contribution in [0.3, 0.4) is 0 Å². The summed E-state index contributed by atoms with van der Waals surface area (Å²) >= 11 is 5.95. The van der Waals surface area contributed by atoms with Crippen molar-refractivity contribution in [3.05, 3.63) is 52.8 Å². The van der Waals surface area contributed by atoms with Crippen LogP contribution in [0.4, 0.5) is 15.8 Å². The van der Waals surface area contributed by atoms with Crippen LogP contribution in [0.15, 0.2) is 36.4 Å². The van der Waals surface area contributed by atoms with E-state index in [1.54, 1.807) is 6.07 Å². The van der Waals surface area contributed by atoms with E-state index < -0.39 is 11.7 Å². The SMILES string of the molecule is COc1cc(F)ccc1NC(=O)c1cc(N)ccc1Cl. The first-order valence-corrected chi connectivity index (χ1v) is 6.09. The van der Waals surface area contributed by atoms with E-state index in [0.29, 0.717) is 11.4 Å². The number of hydrogen-bond donors (Lipinski definition) is 2.